The predicted octanol–water partition coefficient (Wildman–Crippen LogP) is 2.28. The highest BCUT2D eigenvalue weighted by Crippen LogP contribution is 2.21. The zero-order valence-corrected chi connectivity index (χ0v) is 13.9. The Bertz CT molecular complexity index is 437. The van der Waals surface area contributed by atoms with Gasteiger partial charge in [0.1, 0.15) is 0 Å². The fourth-order valence-electron chi connectivity index (χ4n) is 1.94. The number of hydrogen-bond donors (Lipinski definition) is 1. The van der Waals surface area contributed by atoms with Crippen molar-refractivity contribution in [2.24, 2.45) is 5.92 Å². The van der Waals surface area contributed by atoms with Gasteiger partial charge in [-0.15, -0.1) is 0 Å². The Kier molecular flexibility index (Phi) is 6.50. The topological polar surface area (TPSA) is 63.2 Å². The van der Waals surface area contributed by atoms with Crippen LogP contribution in [0.5, 0.6) is 0 Å². The minimum atomic E-state index is 0.668. The molecule has 6 nitrogen and oxygen atoms in total. The third-order valence-electron chi connectivity index (χ3n) is 3.16. The summed E-state index contributed by atoms with van der Waals surface area (Å²) in [7, 11) is 0. The SMILES string of the molecule is CCNc1nc(SCCC(C)C)nc(N2CCOCC2)n1. The first-order chi connectivity index (χ1) is 10.2. The first-order valence-corrected chi connectivity index (χ1v) is 8.63. The predicted molar refractivity (Wildman–Crippen MR) is 87.2 cm³/mol. The summed E-state index contributed by atoms with van der Waals surface area (Å²) >= 11 is 1.71. The molecule has 0 amide bonds. The molecule has 0 radical (unpaired) electrons. The fraction of sp³-hybridized carbons (Fsp3) is 0.786. The number of hydrogen-bond acceptors (Lipinski definition) is 7. The maximum Gasteiger partial charge on any atom is 0.231 e. The molecule has 7 heteroatoms. The van der Waals surface area contributed by atoms with Gasteiger partial charge in [0.05, 0.1) is 13.2 Å². The molecule has 1 fully saturated rings. The molecule has 1 aliphatic rings. The van der Waals surface area contributed by atoms with E-state index in [0.717, 1.165) is 49.7 Å². The van der Waals surface area contributed by atoms with Gasteiger partial charge < -0.3 is 15.0 Å². The fourth-order valence-corrected chi connectivity index (χ4v) is 3.01. The summed E-state index contributed by atoms with van der Waals surface area (Å²) in [5.41, 5.74) is 0. The van der Waals surface area contributed by atoms with Crippen molar-refractivity contribution in [2.45, 2.75) is 32.3 Å². The van der Waals surface area contributed by atoms with Crippen LogP contribution in [0.25, 0.3) is 0 Å². The van der Waals surface area contributed by atoms with Crippen LogP contribution in [-0.2, 0) is 4.74 Å². The highest BCUT2D eigenvalue weighted by atomic mass is 32.2. The van der Waals surface area contributed by atoms with E-state index < -0.39 is 0 Å². The molecule has 1 aliphatic heterocycles. The summed E-state index contributed by atoms with van der Waals surface area (Å²) in [6.45, 7) is 10.5. The van der Waals surface area contributed by atoms with Crippen molar-refractivity contribution in [3.8, 4) is 0 Å². The second kappa shape index (κ2) is 8.38. The molecule has 0 bridgehead atoms. The van der Waals surface area contributed by atoms with Crippen LogP contribution in [0.2, 0.25) is 0 Å². The van der Waals surface area contributed by atoms with E-state index in [1.54, 1.807) is 11.8 Å². The Hall–Kier alpha value is -1.08. The summed E-state index contributed by atoms with van der Waals surface area (Å²) in [4.78, 5) is 15.8. The molecule has 1 aromatic heterocycles. The molecular formula is C14H25N5OS. The highest BCUT2D eigenvalue weighted by molar-refractivity contribution is 7.99. The summed E-state index contributed by atoms with van der Waals surface area (Å²) in [6, 6.07) is 0. The lowest BCUT2D eigenvalue weighted by Crippen LogP contribution is -2.37. The number of morpholine rings is 1. The molecule has 0 unspecified atom stereocenters. The van der Waals surface area contributed by atoms with E-state index in [1.807, 2.05) is 6.92 Å². The molecule has 2 heterocycles. The van der Waals surface area contributed by atoms with Crippen LogP contribution in [0.15, 0.2) is 5.16 Å². The number of aromatic nitrogens is 3. The Morgan fingerprint density at radius 1 is 1.24 bits per heavy atom. The minimum absolute atomic E-state index is 0.668. The molecule has 2 rings (SSSR count). The Labute approximate surface area is 131 Å². The second-order valence-corrected chi connectivity index (χ2v) is 6.46. The van der Waals surface area contributed by atoms with Crippen molar-refractivity contribution in [3.05, 3.63) is 0 Å². The van der Waals surface area contributed by atoms with Gasteiger partial charge in [0, 0.05) is 25.4 Å². The molecule has 1 aromatic rings. The standard InChI is InChI=1S/C14H25N5OS/c1-4-15-12-16-13(19-6-8-20-9-7-19)18-14(17-12)21-10-5-11(2)3/h11H,4-10H2,1-3H3,(H,15,16,17,18). The average Bonchev–Trinajstić information content (AvgIpc) is 2.48. The lowest BCUT2D eigenvalue weighted by Gasteiger charge is -2.27. The molecule has 0 aliphatic carbocycles. The van der Waals surface area contributed by atoms with Crippen LogP contribution in [-0.4, -0.2) is 53.6 Å². The second-order valence-electron chi connectivity index (χ2n) is 5.40. The molecular weight excluding hydrogens is 286 g/mol. The monoisotopic (exact) mass is 311 g/mol. The lowest BCUT2D eigenvalue weighted by atomic mass is 10.2. The van der Waals surface area contributed by atoms with Crippen molar-refractivity contribution >= 4 is 23.7 Å². The van der Waals surface area contributed by atoms with Crippen molar-refractivity contribution in [1.29, 1.82) is 0 Å². The summed E-state index contributed by atoms with van der Waals surface area (Å²) in [5, 5.41) is 4.00. The lowest BCUT2D eigenvalue weighted by molar-refractivity contribution is 0.122. The third kappa shape index (κ3) is 5.32. The van der Waals surface area contributed by atoms with E-state index in [9.17, 15) is 0 Å². The van der Waals surface area contributed by atoms with Gasteiger partial charge in [0.15, 0.2) is 5.16 Å². The number of thioether (sulfide) groups is 1. The minimum Gasteiger partial charge on any atom is -0.378 e. The molecule has 1 N–H and O–H groups in total. The Morgan fingerprint density at radius 2 is 2.00 bits per heavy atom. The van der Waals surface area contributed by atoms with Crippen molar-refractivity contribution in [1.82, 2.24) is 15.0 Å². The Morgan fingerprint density at radius 3 is 2.67 bits per heavy atom. The summed E-state index contributed by atoms with van der Waals surface area (Å²) < 4.78 is 5.39. The van der Waals surface area contributed by atoms with Crippen LogP contribution in [0.1, 0.15) is 27.2 Å². The normalized spacial score (nSPS) is 15.5. The molecule has 0 saturated carbocycles. The van der Waals surface area contributed by atoms with Crippen LogP contribution in [0, 0.1) is 5.92 Å². The van der Waals surface area contributed by atoms with Crippen LogP contribution < -0.4 is 10.2 Å². The van der Waals surface area contributed by atoms with Crippen molar-refractivity contribution < 1.29 is 4.74 Å². The first-order valence-electron chi connectivity index (χ1n) is 7.64. The van der Waals surface area contributed by atoms with Crippen LogP contribution in [0.4, 0.5) is 11.9 Å². The molecule has 0 atom stereocenters. The van der Waals surface area contributed by atoms with E-state index in [-0.39, 0.29) is 0 Å². The van der Waals surface area contributed by atoms with Gasteiger partial charge in [0.2, 0.25) is 11.9 Å². The first kappa shape index (κ1) is 16.3. The van der Waals surface area contributed by atoms with Crippen molar-refractivity contribution in [3.63, 3.8) is 0 Å². The highest BCUT2D eigenvalue weighted by Gasteiger charge is 2.16. The molecule has 0 aromatic carbocycles. The molecule has 0 spiro atoms. The summed E-state index contributed by atoms with van der Waals surface area (Å²) in [6.07, 6.45) is 1.17. The molecule has 21 heavy (non-hydrogen) atoms. The maximum absolute atomic E-state index is 5.39. The van der Waals surface area contributed by atoms with Gasteiger partial charge in [-0.05, 0) is 19.3 Å². The zero-order valence-electron chi connectivity index (χ0n) is 13.1. The van der Waals surface area contributed by atoms with Crippen LogP contribution in [0.3, 0.4) is 0 Å². The number of nitrogens with zero attached hydrogens (tertiary/aromatic N) is 4. The molecule has 1 saturated heterocycles. The smallest absolute Gasteiger partial charge is 0.231 e. The Balaban J connectivity index is 2.09. The molecule has 118 valence electrons. The van der Waals surface area contributed by atoms with Gasteiger partial charge in [-0.2, -0.15) is 15.0 Å². The maximum atomic E-state index is 5.39. The quantitative estimate of drug-likeness (QED) is 0.775. The largest absolute Gasteiger partial charge is 0.378 e. The van der Waals surface area contributed by atoms with Gasteiger partial charge in [-0.1, -0.05) is 25.6 Å². The van der Waals surface area contributed by atoms with Gasteiger partial charge in [-0.25, -0.2) is 0 Å². The van der Waals surface area contributed by atoms with E-state index >= 15 is 0 Å². The third-order valence-corrected chi connectivity index (χ3v) is 4.04. The van der Waals surface area contributed by atoms with Crippen molar-refractivity contribution in [2.75, 3.05) is 48.8 Å². The van der Waals surface area contributed by atoms with Gasteiger partial charge in [0.25, 0.3) is 0 Å². The number of anilines is 2. The summed E-state index contributed by atoms with van der Waals surface area (Å²) in [5.74, 6) is 3.17. The van der Waals surface area contributed by atoms with Crippen LogP contribution >= 0.6 is 11.8 Å². The number of rotatable bonds is 7. The number of ether oxygens (including phenoxy) is 1. The van der Waals surface area contributed by atoms with E-state index in [4.69, 9.17) is 4.74 Å². The zero-order chi connectivity index (χ0) is 15.1. The van der Waals surface area contributed by atoms with E-state index in [0.29, 0.717) is 11.9 Å². The van der Waals surface area contributed by atoms with Gasteiger partial charge in [-0.3, -0.25) is 0 Å². The van der Waals surface area contributed by atoms with E-state index in [2.05, 4.69) is 39.0 Å². The van der Waals surface area contributed by atoms with Gasteiger partial charge >= 0.3 is 0 Å². The number of nitrogens with one attached hydrogen (secondary N) is 1. The van der Waals surface area contributed by atoms with E-state index in [1.165, 1.54) is 6.42 Å². The average molecular weight is 311 g/mol.